The van der Waals surface area contributed by atoms with Gasteiger partial charge < -0.3 is 9.32 Å². The van der Waals surface area contributed by atoms with Crippen LogP contribution in [0.5, 0.6) is 0 Å². The van der Waals surface area contributed by atoms with Crippen LogP contribution in [0.15, 0.2) is 107 Å². The first kappa shape index (κ1) is 25.9. The zero-order valence-corrected chi connectivity index (χ0v) is 24.8. The summed E-state index contributed by atoms with van der Waals surface area (Å²) in [6, 6.07) is 34.0. The van der Waals surface area contributed by atoms with Crippen molar-refractivity contribution in [2.75, 3.05) is 4.90 Å². The molecule has 0 amide bonds. The van der Waals surface area contributed by atoms with Crippen molar-refractivity contribution in [2.45, 2.75) is 76.5 Å². The smallest absolute Gasteiger partial charge is 0.137 e. The lowest BCUT2D eigenvalue weighted by atomic mass is 9.82. The molecule has 5 aromatic rings. The van der Waals surface area contributed by atoms with E-state index in [1.807, 2.05) is 0 Å². The monoisotopic (exact) mass is 551 g/mol. The number of fused-ring (bicyclic) bond motifs is 5. The Balaban J connectivity index is 1.21. The molecule has 3 aliphatic carbocycles. The van der Waals surface area contributed by atoms with E-state index in [2.05, 4.69) is 109 Å². The third-order valence-corrected chi connectivity index (χ3v) is 10.4. The largest absolute Gasteiger partial charge is 0.456 e. The van der Waals surface area contributed by atoms with Crippen LogP contribution in [0.3, 0.4) is 0 Å². The zero-order valence-electron chi connectivity index (χ0n) is 24.8. The molecule has 3 aliphatic rings. The van der Waals surface area contributed by atoms with E-state index in [1.54, 1.807) is 5.57 Å². The Morgan fingerprint density at radius 3 is 2.12 bits per heavy atom. The molecule has 3 unspecified atom stereocenters. The van der Waals surface area contributed by atoms with Crippen LogP contribution in [-0.2, 0) is 0 Å². The van der Waals surface area contributed by atoms with Crippen molar-refractivity contribution in [2.24, 2.45) is 11.8 Å². The van der Waals surface area contributed by atoms with Crippen LogP contribution in [0.2, 0.25) is 0 Å². The fraction of sp³-hybridized carbons (Fsp3) is 0.350. The predicted octanol–water partition coefficient (Wildman–Crippen LogP) is 12.0. The van der Waals surface area contributed by atoms with Gasteiger partial charge in [-0.2, -0.15) is 0 Å². The van der Waals surface area contributed by atoms with Gasteiger partial charge in [0.25, 0.3) is 0 Å². The lowest BCUT2D eigenvalue weighted by molar-refractivity contribution is 0.399. The topological polar surface area (TPSA) is 16.4 Å². The Morgan fingerprint density at radius 1 is 0.667 bits per heavy atom. The van der Waals surface area contributed by atoms with Gasteiger partial charge in [-0.25, -0.2) is 0 Å². The van der Waals surface area contributed by atoms with Gasteiger partial charge in [0.05, 0.1) is 11.1 Å². The van der Waals surface area contributed by atoms with Gasteiger partial charge in [-0.05, 0) is 109 Å². The van der Waals surface area contributed by atoms with E-state index in [-0.39, 0.29) is 0 Å². The van der Waals surface area contributed by atoms with Crippen molar-refractivity contribution >= 4 is 39.0 Å². The van der Waals surface area contributed by atoms with Crippen LogP contribution < -0.4 is 4.90 Å². The highest BCUT2D eigenvalue weighted by molar-refractivity contribution is 6.13. The third-order valence-electron chi connectivity index (χ3n) is 10.4. The second-order valence-corrected chi connectivity index (χ2v) is 13.3. The van der Waals surface area contributed by atoms with E-state index in [0.717, 1.165) is 23.0 Å². The minimum absolute atomic E-state index is 0.656. The number of furan rings is 1. The summed E-state index contributed by atoms with van der Waals surface area (Å²) in [4.78, 5) is 2.45. The number of hydrogen-bond acceptors (Lipinski definition) is 2. The predicted molar refractivity (Wildman–Crippen MR) is 176 cm³/mol. The quantitative estimate of drug-likeness (QED) is 0.159. The molecule has 2 heteroatoms. The number of benzene rings is 4. The van der Waals surface area contributed by atoms with Crippen molar-refractivity contribution in [1.82, 2.24) is 0 Å². The molecule has 8 rings (SSSR count). The van der Waals surface area contributed by atoms with Crippen molar-refractivity contribution in [3.05, 3.63) is 114 Å². The van der Waals surface area contributed by atoms with E-state index in [1.165, 1.54) is 96.7 Å². The highest BCUT2D eigenvalue weighted by Gasteiger charge is 2.35. The summed E-state index contributed by atoms with van der Waals surface area (Å²) in [6.07, 6.45) is 14.5. The summed E-state index contributed by atoms with van der Waals surface area (Å²) >= 11 is 0. The van der Waals surface area contributed by atoms with Gasteiger partial charge in [-0.1, -0.05) is 92.8 Å². The SMILES string of the molecule is CC1C=C2CC(C1)C(c1ccc(N(c3ccc(C4CCCCCC4)cc3)c3cccc4oc5ccccc5c34)cc1)C2. The van der Waals surface area contributed by atoms with Crippen molar-refractivity contribution < 1.29 is 4.42 Å². The van der Waals surface area contributed by atoms with Gasteiger partial charge in [0, 0.05) is 16.8 Å². The summed E-state index contributed by atoms with van der Waals surface area (Å²) in [7, 11) is 0. The van der Waals surface area contributed by atoms with Gasteiger partial charge >= 0.3 is 0 Å². The lowest BCUT2D eigenvalue weighted by Crippen LogP contribution is -2.12. The van der Waals surface area contributed by atoms with Gasteiger partial charge in [0.1, 0.15) is 11.2 Å². The molecule has 42 heavy (non-hydrogen) atoms. The van der Waals surface area contributed by atoms with Gasteiger partial charge in [0.2, 0.25) is 0 Å². The van der Waals surface area contributed by atoms with Gasteiger partial charge in [-0.15, -0.1) is 0 Å². The molecule has 2 bridgehead atoms. The van der Waals surface area contributed by atoms with Gasteiger partial charge in [-0.3, -0.25) is 0 Å². The molecule has 2 saturated carbocycles. The van der Waals surface area contributed by atoms with E-state index in [9.17, 15) is 0 Å². The second kappa shape index (κ2) is 10.8. The first-order chi connectivity index (χ1) is 20.7. The molecular weight excluding hydrogens is 510 g/mol. The van der Waals surface area contributed by atoms with Crippen molar-refractivity contribution in [1.29, 1.82) is 0 Å². The fourth-order valence-electron chi connectivity index (χ4n) is 8.48. The molecular formula is C40H41NO. The first-order valence-corrected chi connectivity index (χ1v) is 16.3. The Morgan fingerprint density at radius 2 is 1.36 bits per heavy atom. The number of anilines is 3. The summed E-state index contributed by atoms with van der Waals surface area (Å²) in [5.41, 5.74) is 10.1. The van der Waals surface area contributed by atoms with Crippen LogP contribution in [0.1, 0.15) is 87.7 Å². The zero-order chi connectivity index (χ0) is 28.0. The van der Waals surface area contributed by atoms with E-state index >= 15 is 0 Å². The van der Waals surface area contributed by atoms with Crippen LogP contribution >= 0.6 is 0 Å². The Hall–Kier alpha value is -3.78. The number of nitrogens with zero attached hydrogens (tertiary/aromatic N) is 1. The standard InChI is InChI=1S/C40H41NO/c1-27-23-28-25-32(24-27)36(26-28)31-17-21-34(22-18-31)41(33-19-15-30(16-20-33)29-9-4-2-3-5-10-29)37-12-8-14-39-40(37)35-11-6-7-13-38(35)42-39/h6-8,11-23,27,29,32,36H,2-5,9-10,24-26H2,1H3. The van der Waals surface area contributed by atoms with E-state index in [0.29, 0.717) is 11.8 Å². The molecule has 1 aromatic heterocycles. The van der Waals surface area contributed by atoms with E-state index in [4.69, 9.17) is 4.42 Å². The average molecular weight is 552 g/mol. The molecule has 2 nitrogen and oxygen atoms in total. The number of rotatable bonds is 5. The molecule has 3 atom stereocenters. The molecule has 0 saturated heterocycles. The molecule has 1 heterocycles. The number of hydrogen-bond donors (Lipinski definition) is 0. The van der Waals surface area contributed by atoms with Crippen molar-refractivity contribution in [3.8, 4) is 0 Å². The summed E-state index contributed by atoms with van der Waals surface area (Å²) in [6.45, 7) is 2.39. The minimum Gasteiger partial charge on any atom is -0.456 e. The highest BCUT2D eigenvalue weighted by atomic mass is 16.3. The van der Waals surface area contributed by atoms with E-state index < -0.39 is 0 Å². The fourth-order valence-corrected chi connectivity index (χ4v) is 8.48. The summed E-state index contributed by atoms with van der Waals surface area (Å²) in [5, 5.41) is 2.34. The Bertz CT molecular complexity index is 1730. The van der Waals surface area contributed by atoms with Crippen LogP contribution in [0.4, 0.5) is 17.1 Å². The van der Waals surface area contributed by atoms with Gasteiger partial charge in [0.15, 0.2) is 0 Å². The highest BCUT2D eigenvalue weighted by Crippen LogP contribution is 2.50. The molecule has 4 aromatic carbocycles. The average Bonchev–Trinajstić information content (AvgIpc) is 3.40. The minimum atomic E-state index is 0.656. The van der Waals surface area contributed by atoms with Crippen LogP contribution in [0, 0.1) is 11.8 Å². The van der Waals surface area contributed by atoms with Crippen molar-refractivity contribution in [3.63, 3.8) is 0 Å². The maximum atomic E-state index is 6.33. The second-order valence-electron chi connectivity index (χ2n) is 13.3. The molecule has 212 valence electrons. The Labute approximate surface area is 250 Å². The Kier molecular flexibility index (Phi) is 6.66. The number of allylic oxidation sites excluding steroid dienone is 2. The van der Waals surface area contributed by atoms with Crippen LogP contribution in [0.25, 0.3) is 21.9 Å². The maximum absolute atomic E-state index is 6.33. The maximum Gasteiger partial charge on any atom is 0.137 e. The first-order valence-electron chi connectivity index (χ1n) is 16.3. The summed E-state index contributed by atoms with van der Waals surface area (Å²) < 4.78 is 6.33. The molecule has 2 fully saturated rings. The normalized spacial score (nSPS) is 22.8. The third kappa shape index (κ3) is 4.66. The lowest BCUT2D eigenvalue weighted by Gasteiger charge is -2.28. The molecule has 0 aliphatic heterocycles. The molecule has 0 spiro atoms. The molecule has 0 N–H and O–H groups in total. The number of para-hydroxylation sites is 1. The molecule has 0 radical (unpaired) electrons. The van der Waals surface area contributed by atoms with Crippen LogP contribution in [-0.4, -0.2) is 0 Å². The summed E-state index contributed by atoms with van der Waals surface area (Å²) in [5.74, 6) is 2.87.